The van der Waals surface area contributed by atoms with Crippen molar-refractivity contribution in [3.05, 3.63) is 12.7 Å². The maximum absolute atomic E-state index is 5.18. The third-order valence-corrected chi connectivity index (χ3v) is 1.33. The number of rotatable bonds is 4. The Kier molecular flexibility index (Phi) is 5.01. The average Bonchev–Trinajstić information content (AvgIpc) is 1.89. The molecule has 0 saturated heterocycles. The summed E-state index contributed by atoms with van der Waals surface area (Å²) < 4.78 is 0. The zero-order valence-electron chi connectivity index (χ0n) is 6.06. The van der Waals surface area contributed by atoms with E-state index in [0.29, 0.717) is 5.92 Å². The second kappa shape index (κ2) is 5.44. The summed E-state index contributed by atoms with van der Waals surface area (Å²) in [6.45, 7) is 5.70. The van der Waals surface area contributed by atoms with Crippen LogP contribution in [-0.2, 0) is 0 Å². The van der Waals surface area contributed by atoms with Gasteiger partial charge < -0.3 is 0 Å². The molecule has 0 bridgehead atoms. The molecule has 0 aliphatic heterocycles. The molecule has 0 amide bonds. The lowest BCUT2D eigenvalue weighted by atomic mass is 10.1. The third kappa shape index (κ3) is 5.17. The summed E-state index contributed by atoms with van der Waals surface area (Å²) in [7, 11) is 0. The lowest BCUT2D eigenvalue weighted by molar-refractivity contribution is 0.630. The molecule has 0 saturated carbocycles. The molecule has 0 spiro atoms. The first-order chi connectivity index (χ1) is 4.31. The van der Waals surface area contributed by atoms with Crippen LogP contribution in [0.4, 0.5) is 0 Å². The van der Waals surface area contributed by atoms with Gasteiger partial charge >= 0.3 is 0 Å². The van der Waals surface area contributed by atoms with Crippen LogP contribution in [0.1, 0.15) is 26.2 Å². The van der Waals surface area contributed by atoms with Gasteiger partial charge in [-0.15, -0.1) is 18.9 Å². The van der Waals surface area contributed by atoms with Crippen molar-refractivity contribution in [2.24, 2.45) is 5.92 Å². The van der Waals surface area contributed by atoms with Crippen molar-refractivity contribution in [3.63, 3.8) is 0 Å². The van der Waals surface area contributed by atoms with E-state index in [1.54, 1.807) is 0 Å². The van der Waals surface area contributed by atoms with Crippen molar-refractivity contribution < 1.29 is 0 Å². The molecule has 0 aromatic heterocycles. The van der Waals surface area contributed by atoms with E-state index >= 15 is 0 Å². The Morgan fingerprint density at radius 3 is 2.89 bits per heavy atom. The molecule has 0 heteroatoms. The quantitative estimate of drug-likeness (QED) is 0.305. The minimum Gasteiger partial charge on any atom is -0.120 e. The van der Waals surface area contributed by atoms with Crippen LogP contribution in [0.25, 0.3) is 0 Å². The maximum atomic E-state index is 5.18. The van der Waals surface area contributed by atoms with Gasteiger partial charge in [0.25, 0.3) is 0 Å². The summed E-state index contributed by atoms with van der Waals surface area (Å²) in [5.74, 6) is 3.12. The predicted molar refractivity (Wildman–Crippen MR) is 42.0 cm³/mol. The highest BCUT2D eigenvalue weighted by Crippen LogP contribution is 2.05. The third-order valence-electron chi connectivity index (χ3n) is 1.33. The van der Waals surface area contributed by atoms with E-state index in [4.69, 9.17) is 6.42 Å². The van der Waals surface area contributed by atoms with Crippen LogP contribution >= 0.6 is 0 Å². The highest BCUT2D eigenvalue weighted by atomic mass is 14.0. The van der Waals surface area contributed by atoms with E-state index < -0.39 is 0 Å². The van der Waals surface area contributed by atoms with E-state index in [9.17, 15) is 0 Å². The Morgan fingerprint density at radius 2 is 2.44 bits per heavy atom. The molecule has 9 heavy (non-hydrogen) atoms. The van der Waals surface area contributed by atoms with Gasteiger partial charge in [0.05, 0.1) is 0 Å². The monoisotopic (exact) mass is 122 g/mol. The van der Waals surface area contributed by atoms with Crippen molar-refractivity contribution in [1.29, 1.82) is 0 Å². The maximum Gasteiger partial charge on any atom is 0.0172 e. The molecule has 50 valence electrons. The first-order valence-corrected chi connectivity index (χ1v) is 3.38. The normalized spacial score (nSPS) is 12.0. The van der Waals surface area contributed by atoms with Gasteiger partial charge in [0.2, 0.25) is 0 Å². The van der Waals surface area contributed by atoms with E-state index in [-0.39, 0.29) is 0 Å². The fourth-order valence-corrected chi connectivity index (χ4v) is 0.652. The topological polar surface area (TPSA) is 0 Å². The number of hydrogen-bond acceptors (Lipinski definition) is 0. The Balaban J connectivity index is 3.08. The lowest BCUT2D eigenvalue weighted by Crippen LogP contribution is -1.87. The van der Waals surface area contributed by atoms with Gasteiger partial charge in [-0.2, -0.15) is 0 Å². The molecule has 0 aliphatic rings. The lowest BCUT2D eigenvalue weighted by Gasteiger charge is -1.99. The molecule has 0 nitrogen and oxygen atoms in total. The summed E-state index contributed by atoms with van der Waals surface area (Å²) in [4.78, 5) is 0. The average molecular weight is 122 g/mol. The number of allylic oxidation sites excluding steroid dienone is 1. The van der Waals surface area contributed by atoms with E-state index in [2.05, 4.69) is 19.4 Å². The van der Waals surface area contributed by atoms with Crippen LogP contribution in [0.3, 0.4) is 0 Å². The van der Waals surface area contributed by atoms with Crippen molar-refractivity contribution in [3.8, 4) is 12.3 Å². The molecule has 0 aromatic carbocycles. The van der Waals surface area contributed by atoms with Crippen molar-refractivity contribution >= 4 is 0 Å². The summed E-state index contributed by atoms with van der Waals surface area (Å²) in [6, 6.07) is 0. The summed E-state index contributed by atoms with van der Waals surface area (Å²) in [5, 5.41) is 0. The first kappa shape index (κ1) is 8.30. The van der Waals surface area contributed by atoms with Gasteiger partial charge in [0.1, 0.15) is 0 Å². The second-order valence-corrected chi connectivity index (χ2v) is 2.29. The zero-order chi connectivity index (χ0) is 7.11. The highest BCUT2D eigenvalue weighted by molar-refractivity contribution is 4.90. The highest BCUT2D eigenvalue weighted by Gasteiger charge is 1.93. The van der Waals surface area contributed by atoms with Crippen LogP contribution in [-0.4, -0.2) is 0 Å². The molecule has 0 aliphatic carbocycles. The van der Waals surface area contributed by atoms with Crippen LogP contribution < -0.4 is 0 Å². The molecule has 0 N–H and O–H groups in total. The van der Waals surface area contributed by atoms with Crippen LogP contribution in [0.2, 0.25) is 0 Å². The first-order valence-electron chi connectivity index (χ1n) is 3.38. The van der Waals surface area contributed by atoms with Gasteiger partial charge in [-0.05, 0) is 19.3 Å². The van der Waals surface area contributed by atoms with Gasteiger partial charge in [-0.3, -0.25) is 0 Å². The molecule has 0 fully saturated rings. The number of hydrogen-bond donors (Lipinski definition) is 0. The molecular weight excluding hydrogens is 108 g/mol. The Morgan fingerprint density at radius 1 is 1.78 bits per heavy atom. The van der Waals surface area contributed by atoms with Crippen LogP contribution in [0, 0.1) is 18.3 Å². The zero-order valence-corrected chi connectivity index (χ0v) is 6.06. The summed E-state index contributed by atoms with van der Waals surface area (Å²) in [5.41, 5.74) is 0. The fraction of sp³-hybridized carbons (Fsp3) is 0.556. The van der Waals surface area contributed by atoms with E-state index in [0.717, 1.165) is 12.8 Å². The summed E-state index contributed by atoms with van der Waals surface area (Å²) >= 11 is 0. The van der Waals surface area contributed by atoms with Crippen LogP contribution in [0.15, 0.2) is 12.7 Å². The fourth-order valence-electron chi connectivity index (χ4n) is 0.652. The largest absolute Gasteiger partial charge is 0.120 e. The molecule has 1 unspecified atom stereocenters. The second-order valence-electron chi connectivity index (χ2n) is 2.29. The minimum absolute atomic E-state index is 0.435. The van der Waals surface area contributed by atoms with E-state index in [1.807, 2.05) is 6.08 Å². The van der Waals surface area contributed by atoms with Gasteiger partial charge in [-0.25, -0.2) is 0 Å². The standard InChI is InChI=1S/C9H14/c1-4-6-7-8-9(3)5-2/h2,4,9H,1,6-8H2,3H3. The van der Waals surface area contributed by atoms with Crippen molar-refractivity contribution in [1.82, 2.24) is 0 Å². The Hall–Kier alpha value is -0.700. The number of unbranched alkanes of at least 4 members (excludes halogenated alkanes) is 1. The van der Waals surface area contributed by atoms with Crippen molar-refractivity contribution in [2.45, 2.75) is 26.2 Å². The predicted octanol–water partition coefficient (Wildman–Crippen LogP) is 2.61. The molecular formula is C9H14. The molecule has 0 heterocycles. The molecule has 0 rings (SSSR count). The molecule has 0 aromatic rings. The Labute approximate surface area is 58.0 Å². The number of terminal acetylenes is 1. The summed E-state index contributed by atoms with van der Waals surface area (Å²) in [6.07, 6.45) is 10.5. The van der Waals surface area contributed by atoms with E-state index in [1.165, 1.54) is 6.42 Å². The van der Waals surface area contributed by atoms with Crippen LogP contribution in [0.5, 0.6) is 0 Å². The van der Waals surface area contributed by atoms with Crippen molar-refractivity contribution in [2.75, 3.05) is 0 Å². The Bertz CT molecular complexity index is 106. The minimum atomic E-state index is 0.435. The molecule has 0 radical (unpaired) electrons. The SMILES string of the molecule is C#CC(C)CCCC=C. The molecule has 1 atom stereocenters. The van der Waals surface area contributed by atoms with Gasteiger partial charge in [0, 0.05) is 5.92 Å². The smallest absolute Gasteiger partial charge is 0.0172 e. The van der Waals surface area contributed by atoms with Gasteiger partial charge in [-0.1, -0.05) is 13.0 Å². The van der Waals surface area contributed by atoms with Gasteiger partial charge in [0.15, 0.2) is 0 Å².